The molecule has 1 aliphatic rings. The highest BCUT2D eigenvalue weighted by molar-refractivity contribution is 7.89. The van der Waals surface area contributed by atoms with Crippen LogP contribution in [0.1, 0.15) is 25.7 Å². The fraction of sp³-hybridized carbons (Fsp3) is 1.00. The standard InChI is InChI=1S/C7H16N2O3S/c8-5-7(10)3-1-6(2-4-7)13(9,11)12/h6,10H,1-5,8H2,(H2,9,11,12). The third-order valence-corrected chi connectivity index (χ3v) is 4.11. The van der Waals surface area contributed by atoms with E-state index < -0.39 is 20.9 Å². The Bertz CT molecular complexity index is 267. The van der Waals surface area contributed by atoms with E-state index in [4.69, 9.17) is 10.9 Å². The summed E-state index contributed by atoms with van der Waals surface area (Å²) in [6.07, 6.45) is 1.66. The quantitative estimate of drug-likeness (QED) is 0.536. The first-order valence-electron chi connectivity index (χ1n) is 4.31. The van der Waals surface area contributed by atoms with Crippen LogP contribution in [-0.4, -0.2) is 30.9 Å². The Morgan fingerprint density at radius 1 is 1.38 bits per heavy atom. The molecular weight excluding hydrogens is 192 g/mol. The smallest absolute Gasteiger partial charge is 0.211 e. The van der Waals surface area contributed by atoms with Gasteiger partial charge in [-0.15, -0.1) is 0 Å². The van der Waals surface area contributed by atoms with E-state index in [-0.39, 0.29) is 6.54 Å². The maximum Gasteiger partial charge on any atom is 0.211 e. The molecular formula is C7H16N2O3S. The molecule has 0 heterocycles. The second-order valence-electron chi connectivity index (χ2n) is 3.72. The van der Waals surface area contributed by atoms with Crippen molar-refractivity contribution in [2.75, 3.05) is 6.54 Å². The Balaban J connectivity index is 2.58. The minimum atomic E-state index is -3.44. The van der Waals surface area contributed by atoms with Crippen molar-refractivity contribution >= 4 is 10.0 Å². The van der Waals surface area contributed by atoms with Crippen molar-refractivity contribution in [2.45, 2.75) is 36.5 Å². The van der Waals surface area contributed by atoms with Crippen LogP contribution in [0.3, 0.4) is 0 Å². The maximum atomic E-state index is 11.0. The van der Waals surface area contributed by atoms with Crippen LogP contribution in [0.25, 0.3) is 0 Å². The maximum absolute atomic E-state index is 11.0. The number of nitrogens with two attached hydrogens (primary N) is 2. The van der Waals surface area contributed by atoms with Crippen molar-refractivity contribution in [3.63, 3.8) is 0 Å². The van der Waals surface area contributed by atoms with Crippen molar-refractivity contribution in [2.24, 2.45) is 10.9 Å². The molecule has 0 radical (unpaired) electrons. The Morgan fingerprint density at radius 2 is 1.85 bits per heavy atom. The van der Waals surface area contributed by atoms with Crippen molar-refractivity contribution < 1.29 is 13.5 Å². The summed E-state index contributed by atoms with van der Waals surface area (Å²) in [6, 6.07) is 0. The first-order chi connectivity index (χ1) is 5.87. The van der Waals surface area contributed by atoms with E-state index in [0.717, 1.165) is 0 Å². The van der Waals surface area contributed by atoms with Gasteiger partial charge in [-0.2, -0.15) is 0 Å². The molecule has 0 spiro atoms. The fourth-order valence-corrected chi connectivity index (χ4v) is 2.55. The summed E-state index contributed by atoms with van der Waals surface area (Å²) in [4.78, 5) is 0. The zero-order valence-corrected chi connectivity index (χ0v) is 8.26. The highest BCUT2D eigenvalue weighted by Gasteiger charge is 2.35. The Hall–Kier alpha value is -0.170. The Morgan fingerprint density at radius 3 is 2.15 bits per heavy atom. The molecule has 0 aliphatic heterocycles. The third-order valence-electron chi connectivity index (χ3n) is 2.71. The SMILES string of the molecule is NCC1(O)CCC(S(N)(=O)=O)CC1. The van der Waals surface area contributed by atoms with Crippen LogP contribution in [0.2, 0.25) is 0 Å². The summed E-state index contributed by atoms with van der Waals surface area (Å²) in [5.41, 5.74) is 4.49. The van der Waals surface area contributed by atoms with Gasteiger partial charge in [-0.05, 0) is 25.7 Å². The van der Waals surface area contributed by atoms with Crippen LogP contribution in [0.15, 0.2) is 0 Å². The first kappa shape index (κ1) is 10.9. The van der Waals surface area contributed by atoms with Crippen LogP contribution in [0.5, 0.6) is 0 Å². The van der Waals surface area contributed by atoms with E-state index in [2.05, 4.69) is 0 Å². The van der Waals surface area contributed by atoms with Gasteiger partial charge in [0.05, 0.1) is 10.9 Å². The zero-order chi connectivity index (χ0) is 10.1. The number of rotatable bonds is 2. The summed E-state index contributed by atoms with van der Waals surface area (Å²) in [6.45, 7) is 0.185. The molecule has 1 saturated carbocycles. The van der Waals surface area contributed by atoms with Gasteiger partial charge in [-0.1, -0.05) is 0 Å². The Kier molecular flexibility index (Phi) is 2.96. The van der Waals surface area contributed by atoms with E-state index in [1.54, 1.807) is 0 Å². The largest absolute Gasteiger partial charge is 0.389 e. The molecule has 0 amide bonds. The van der Waals surface area contributed by atoms with Crippen LogP contribution in [0, 0.1) is 0 Å². The van der Waals surface area contributed by atoms with Crippen LogP contribution < -0.4 is 10.9 Å². The van der Waals surface area contributed by atoms with Crippen LogP contribution in [-0.2, 0) is 10.0 Å². The van der Waals surface area contributed by atoms with Gasteiger partial charge in [0.1, 0.15) is 0 Å². The summed E-state index contributed by atoms with van der Waals surface area (Å²) in [5.74, 6) is 0. The lowest BCUT2D eigenvalue weighted by Gasteiger charge is -2.33. The highest BCUT2D eigenvalue weighted by atomic mass is 32.2. The van der Waals surface area contributed by atoms with E-state index in [1.165, 1.54) is 0 Å². The predicted molar refractivity (Wildman–Crippen MR) is 49.4 cm³/mol. The fourth-order valence-electron chi connectivity index (χ4n) is 1.66. The van der Waals surface area contributed by atoms with Crippen molar-refractivity contribution in [3.05, 3.63) is 0 Å². The highest BCUT2D eigenvalue weighted by Crippen LogP contribution is 2.29. The van der Waals surface area contributed by atoms with Gasteiger partial charge in [0.15, 0.2) is 0 Å². The molecule has 78 valence electrons. The zero-order valence-electron chi connectivity index (χ0n) is 7.44. The van der Waals surface area contributed by atoms with Gasteiger partial charge < -0.3 is 10.8 Å². The van der Waals surface area contributed by atoms with Crippen molar-refractivity contribution in [1.82, 2.24) is 0 Å². The molecule has 0 aromatic carbocycles. The molecule has 0 saturated heterocycles. The van der Waals surface area contributed by atoms with E-state index in [9.17, 15) is 13.5 Å². The van der Waals surface area contributed by atoms with Gasteiger partial charge in [0, 0.05) is 6.54 Å². The predicted octanol–water partition coefficient (Wildman–Crippen LogP) is -1.09. The minimum absolute atomic E-state index is 0.185. The van der Waals surface area contributed by atoms with E-state index in [1.807, 2.05) is 0 Å². The van der Waals surface area contributed by atoms with Crippen molar-refractivity contribution in [1.29, 1.82) is 0 Å². The summed E-state index contributed by atoms with van der Waals surface area (Å²) < 4.78 is 21.9. The normalized spacial score (nSPS) is 36.1. The molecule has 5 nitrogen and oxygen atoms in total. The molecule has 5 N–H and O–H groups in total. The van der Waals surface area contributed by atoms with Gasteiger partial charge in [-0.3, -0.25) is 0 Å². The third kappa shape index (κ3) is 2.63. The molecule has 1 rings (SSSR count). The topological polar surface area (TPSA) is 106 Å². The van der Waals surface area contributed by atoms with Gasteiger partial charge >= 0.3 is 0 Å². The molecule has 1 aliphatic carbocycles. The average molecular weight is 208 g/mol. The molecule has 1 fully saturated rings. The number of primary sulfonamides is 1. The Labute approximate surface area is 78.2 Å². The summed E-state index contributed by atoms with van der Waals surface area (Å²) in [5, 5.41) is 14.2. The molecule has 0 aromatic rings. The van der Waals surface area contributed by atoms with Gasteiger partial charge in [-0.25, -0.2) is 13.6 Å². The van der Waals surface area contributed by atoms with Crippen LogP contribution in [0.4, 0.5) is 0 Å². The molecule has 0 aromatic heterocycles. The number of aliphatic hydroxyl groups is 1. The minimum Gasteiger partial charge on any atom is -0.389 e. The molecule has 0 bridgehead atoms. The number of sulfonamides is 1. The lowest BCUT2D eigenvalue weighted by atomic mass is 9.85. The summed E-state index contributed by atoms with van der Waals surface area (Å²) >= 11 is 0. The van der Waals surface area contributed by atoms with Crippen LogP contribution >= 0.6 is 0 Å². The number of hydrogen-bond acceptors (Lipinski definition) is 4. The monoisotopic (exact) mass is 208 g/mol. The number of hydrogen-bond donors (Lipinski definition) is 3. The molecule has 0 atom stereocenters. The lowest BCUT2D eigenvalue weighted by Crippen LogP contribution is -2.45. The molecule has 6 heteroatoms. The summed E-state index contributed by atoms with van der Waals surface area (Å²) in [7, 11) is -3.44. The average Bonchev–Trinajstić information content (AvgIpc) is 2.04. The van der Waals surface area contributed by atoms with Crippen molar-refractivity contribution in [3.8, 4) is 0 Å². The second-order valence-corrected chi connectivity index (χ2v) is 5.56. The second kappa shape index (κ2) is 3.53. The van der Waals surface area contributed by atoms with E-state index >= 15 is 0 Å². The van der Waals surface area contributed by atoms with E-state index in [0.29, 0.717) is 25.7 Å². The van der Waals surface area contributed by atoms with Gasteiger partial charge in [0.2, 0.25) is 10.0 Å². The first-order valence-corrected chi connectivity index (χ1v) is 5.92. The lowest BCUT2D eigenvalue weighted by molar-refractivity contribution is 0.0136. The molecule has 13 heavy (non-hydrogen) atoms. The molecule has 0 unspecified atom stereocenters. The van der Waals surface area contributed by atoms with Gasteiger partial charge in [0.25, 0.3) is 0 Å².